The summed E-state index contributed by atoms with van der Waals surface area (Å²) < 4.78 is 6.93. The van der Waals surface area contributed by atoms with Gasteiger partial charge in [-0.05, 0) is 42.9 Å². The number of nitrogens with one attached hydrogen (secondary N) is 3. The van der Waals surface area contributed by atoms with Crippen LogP contribution in [0, 0.1) is 5.92 Å². The SMILES string of the molecule is CNC(=O)c1ccc(-c2cc(NC(=O)N[C@@H]3C[C@@H](CCOC)C[C@H]3c3ccccc3)n(C)n2)cc1. The summed E-state index contributed by atoms with van der Waals surface area (Å²) in [6.07, 6.45) is 2.94. The minimum Gasteiger partial charge on any atom is -0.385 e. The lowest BCUT2D eigenvalue weighted by molar-refractivity contribution is 0.0963. The molecule has 1 saturated carbocycles. The van der Waals surface area contributed by atoms with E-state index in [0.717, 1.165) is 31.4 Å². The number of carbonyl (C=O) groups excluding carboxylic acids is 2. The first kappa shape index (κ1) is 24.5. The van der Waals surface area contributed by atoms with Crippen molar-refractivity contribution < 1.29 is 14.3 Å². The van der Waals surface area contributed by atoms with Crippen molar-refractivity contribution in [2.75, 3.05) is 26.1 Å². The Hall–Kier alpha value is -3.65. The summed E-state index contributed by atoms with van der Waals surface area (Å²) in [6.45, 7) is 0.729. The van der Waals surface area contributed by atoms with Crippen LogP contribution < -0.4 is 16.0 Å². The number of urea groups is 1. The summed E-state index contributed by atoms with van der Waals surface area (Å²) in [5, 5.41) is 13.3. The molecule has 4 rings (SSSR count). The Balaban J connectivity index is 1.43. The normalized spacial score (nSPS) is 19.3. The number of benzene rings is 2. The van der Waals surface area contributed by atoms with Crippen LogP contribution in [0.1, 0.15) is 41.1 Å². The monoisotopic (exact) mass is 475 g/mol. The second-order valence-corrected chi connectivity index (χ2v) is 9.04. The molecule has 1 heterocycles. The van der Waals surface area contributed by atoms with Gasteiger partial charge in [-0.2, -0.15) is 5.10 Å². The molecule has 1 aromatic heterocycles. The second kappa shape index (κ2) is 11.2. The zero-order valence-electron chi connectivity index (χ0n) is 20.5. The molecule has 1 fully saturated rings. The minimum atomic E-state index is -0.243. The highest BCUT2D eigenvalue weighted by Gasteiger charge is 2.36. The molecule has 0 aliphatic heterocycles. The molecule has 35 heavy (non-hydrogen) atoms. The van der Waals surface area contributed by atoms with E-state index in [1.807, 2.05) is 36.4 Å². The lowest BCUT2D eigenvalue weighted by atomic mass is 9.93. The third kappa shape index (κ3) is 5.89. The van der Waals surface area contributed by atoms with Gasteiger partial charge in [-0.15, -0.1) is 0 Å². The van der Waals surface area contributed by atoms with Gasteiger partial charge in [-0.25, -0.2) is 4.79 Å². The molecule has 8 heteroatoms. The number of aromatic nitrogens is 2. The van der Waals surface area contributed by atoms with Gasteiger partial charge >= 0.3 is 6.03 Å². The summed E-state index contributed by atoms with van der Waals surface area (Å²) in [7, 11) is 5.12. The molecule has 1 aliphatic carbocycles. The highest BCUT2D eigenvalue weighted by molar-refractivity contribution is 5.94. The quantitative estimate of drug-likeness (QED) is 0.456. The Morgan fingerprint density at radius 3 is 2.51 bits per heavy atom. The predicted molar refractivity (Wildman–Crippen MR) is 136 cm³/mol. The Morgan fingerprint density at radius 2 is 1.83 bits per heavy atom. The highest BCUT2D eigenvalue weighted by atomic mass is 16.5. The van der Waals surface area contributed by atoms with Crippen LogP contribution in [-0.4, -0.2) is 48.5 Å². The van der Waals surface area contributed by atoms with E-state index in [0.29, 0.717) is 23.0 Å². The number of ether oxygens (including phenoxy) is 1. The molecule has 2 aromatic carbocycles. The van der Waals surface area contributed by atoms with Crippen LogP contribution in [0.2, 0.25) is 0 Å². The average Bonchev–Trinajstić information content (AvgIpc) is 3.45. The van der Waals surface area contributed by atoms with Gasteiger partial charge in [0.05, 0.1) is 5.69 Å². The van der Waals surface area contributed by atoms with E-state index >= 15 is 0 Å². The maximum Gasteiger partial charge on any atom is 0.320 e. The number of methoxy groups -OCH3 is 1. The van der Waals surface area contributed by atoms with Crippen molar-refractivity contribution in [2.24, 2.45) is 13.0 Å². The van der Waals surface area contributed by atoms with Crippen LogP contribution in [0.15, 0.2) is 60.7 Å². The van der Waals surface area contributed by atoms with Crippen molar-refractivity contribution in [3.05, 3.63) is 71.8 Å². The van der Waals surface area contributed by atoms with Crippen LogP contribution in [-0.2, 0) is 11.8 Å². The van der Waals surface area contributed by atoms with Crippen molar-refractivity contribution in [1.82, 2.24) is 20.4 Å². The molecule has 0 bridgehead atoms. The van der Waals surface area contributed by atoms with Gasteiger partial charge in [0, 0.05) is 57.0 Å². The van der Waals surface area contributed by atoms with Gasteiger partial charge in [0.2, 0.25) is 0 Å². The standard InChI is InChI=1S/C27H33N5O3/c1-28-26(33)21-11-9-20(10-12-21)23-17-25(32(2)31-23)30-27(34)29-24-16-18(13-14-35-3)15-22(24)19-7-5-4-6-8-19/h4-12,17-18,22,24H,13-16H2,1-3H3,(H,28,33)(H2,29,30,34)/t18-,22-,24+/m0/s1. The van der Waals surface area contributed by atoms with E-state index in [1.165, 1.54) is 5.56 Å². The highest BCUT2D eigenvalue weighted by Crippen LogP contribution is 2.40. The van der Waals surface area contributed by atoms with Gasteiger partial charge in [0.15, 0.2) is 0 Å². The zero-order valence-corrected chi connectivity index (χ0v) is 20.5. The number of hydrogen-bond acceptors (Lipinski definition) is 4. The molecule has 3 amide bonds. The van der Waals surface area contributed by atoms with Crippen LogP contribution in [0.3, 0.4) is 0 Å². The first-order chi connectivity index (χ1) is 17.0. The number of carbonyl (C=O) groups is 2. The van der Waals surface area contributed by atoms with E-state index < -0.39 is 0 Å². The van der Waals surface area contributed by atoms with Crippen molar-refractivity contribution in [1.29, 1.82) is 0 Å². The molecule has 0 unspecified atom stereocenters. The molecule has 1 aliphatic rings. The van der Waals surface area contributed by atoms with Crippen LogP contribution in [0.25, 0.3) is 11.3 Å². The van der Waals surface area contributed by atoms with Gasteiger partial charge < -0.3 is 15.4 Å². The lowest BCUT2D eigenvalue weighted by Gasteiger charge is -2.21. The molecule has 3 atom stereocenters. The second-order valence-electron chi connectivity index (χ2n) is 9.04. The Kier molecular flexibility index (Phi) is 7.82. The fourth-order valence-electron chi connectivity index (χ4n) is 4.87. The fourth-order valence-corrected chi connectivity index (χ4v) is 4.87. The Bertz CT molecular complexity index is 1140. The summed E-state index contributed by atoms with van der Waals surface area (Å²) >= 11 is 0. The molecule has 184 valence electrons. The number of anilines is 1. The zero-order chi connectivity index (χ0) is 24.8. The number of hydrogen-bond donors (Lipinski definition) is 3. The summed E-state index contributed by atoms with van der Waals surface area (Å²) in [4.78, 5) is 24.8. The molecule has 0 saturated heterocycles. The van der Waals surface area contributed by atoms with Gasteiger partial charge in [-0.3, -0.25) is 14.8 Å². The first-order valence-electron chi connectivity index (χ1n) is 12.0. The van der Waals surface area contributed by atoms with Gasteiger partial charge in [0.25, 0.3) is 5.91 Å². The molecule has 3 aromatic rings. The molecule has 0 radical (unpaired) electrons. The van der Waals surface area contributed by atoms with E-state index in [2.05, 4.69) is 33.2 Å². The van der Waals surface area contributed by atoms with Gasteiger partial charge in [-0.1, -0.05) is 42.5 Å². The minimum absolute atomic E-state index is 0.0456. The number of nitrogens with zero attached hydrogens (tertiary/aromatic N) is 2. The fraction of sp³-hybridized carbons (Fsp3) is 0.370. The number of amides is 3. The maximum atomic E-state index is 13.0. The molecule has 8 nitrogen and oxygen atoms in total. The van der Waals surface area contributed by atoms with Crippen molar-refractivity contribution in [3.8, 4) is 11.3 Å². The van der Waals surface area contributed by atoms with Crippen molar-refractivity contribution in [3.63, 3.8) is 0 Å². The van der Waals surface area contributed by atoms with Crippen molar-refractivity contribution >= 4 is 17.8 Å². The maximum absolute atomic E-state index is 13.0. The summed E-state index contributed by atoms with van der Waals surface area (Å²) in [5.41, 5.74) is 3.41. The van der Waals surface area contributed by atoms with Gasteiger partial charge in [0.1, 0.15) is 5.82 Å². The first-order valence-corrected chi connectivity index (χ1v) is 12.0. The van der Waals surface area contributed by atoms with E-state index in [4.69, 9.17) is 4.74 Å². The number of aryl methyl sites for hydroxylation is 1. The molecule has 0 spiro atoms. The van der Waals surface area contributed by atoms with Crippen LogP contribution in [0.4, 0.5) is 10.6 Å². The summed E-state index contributed by atoms with van der Waals surface area (Å²) in [5.74, 6) is 1.23. The van der Waals surface area contributed by atoms with E-state index in [9.17, 15) is 9.59 Å². The van der Waals surface area contributed by atoms with E-state index in [1.54, 1.807) is 38.0 Å². The van der Waals surface area contributed by atoms with E-state index in [-0.39, 0.29) is 23.9 Å². The van der Waals surface area contributed by atoms with Crippen LogP contribution >= 0.6 is 0 Å². The average molecular weight is 476 g/mol. The third-order valence-corrected chi connectivity index (χ3v) is 6.73. The third-order valence-electron chi connectivity index (χ3n) is 6.73. The Morgan fingerprint density at radius 1 is 1.09 bits per heavy atom. The Labute approximate surface area is 206 Å². The number of rotatable bonds is 8. The van der Waals surface area contributed by atoms with Crippen LogP contribution in [0.5, 0.6) is 0 Å². The largest absolute Gasteiger partial charge is 0.385 e. The molecular weight excluding hydrogens is 442 g/mol. The molecule has 3 N–H and O–H groups in total. The smallest absolute Gasteiger partial charge is 0.320 e. The lowest BCUT2D eigenvalue weighted by Crippen LogP contribution is -2.39. The molecular formula is C27H33N5O3. The predicted octanol–water partition coefficient (Wildman–Crippen LogP) is 4.17. The summed E-state index contributed by atoms with van der Waals surface area (Å²) in [6, 6.07) is 19.2. The topological polar surface area (TPSA) is 97.3 Å². The van der Waals surface area contributed by atoms with Crippen molar-refractivity contribution in [2.45, 2.75) is 31.2 Å².